The molecule has 0 saturated heterocycles. The van der Waals surface area contributed by atoms with Gasteiger partial charge >= 0.3 is 0 Å². The van der Waals surface area contributed by atoms with Crippen LogP contribution in [0.3, 0.4) is 0 Å². The number of carbonyl (C=O) groups excluding carboxylic acids is 1. The summed E-state index contributed by atoms with van der Waals surface area (Å²) in [6, 6.07) is 12.7. The number of hydrogen-bond acceptors (Lipinski definition) is 6. The number of aryl methyl sites for hydroxylation is 1. The molecule has 0 aliphatic heterocycles. The molecule has 1 amide bonds. The lowest BCUT2D eigenvalue weighted by Crippen LogP contribution is -2.21. The van der Waals surface area contributed by atoms with E-state index >= 15 is 0 Å². The van der Waals surface area contributed by atoms with Crippen molar-refractivity contribution in [3.05, 3.63) is 64.1 Å². The molecule has 0 spiro atoms. The molecule has 2 N–H and O–H groups in total. The molecule has 8 heteroatoms. The number of hydrogen-bond donors (Lipinski definition) is 2. The SMILES string of the molecule is CCCOc1ccc(/C=N/NC(=O)CCc2nc3ccccc3[nH]c2=O)cc1OCC. The van der Waals surface area contributed by atoms with E-state index in [1.165, 1.54) is 6.21 Å². The lowest BCUT2D eigenvalue weighted by molar-refractivity contribution is -0.121. The first-order valence-corrected chi connectivity index (χ1v) is 10.3. The van der Waals surface area contributed by atoms with Crippen molar-refractivity contribution in [2.75, 3.05) is 13.2 Å². The summed E-state index contributed by atoms with van der Waals surface area (Å²) in [6.07, 6.45) is 2.76. The second-order valence-electron chi connectivity index (χ2n) is 6.81. The van der Waals surface area contributed by atoms with Crippen LogP contribution in [0.2, 0.25) is 0 Å². The predicted molar refractivity (Wildman–Crippen MR) is 120 cm³/mol. The van der Waals surface area contributed by atoms with E-state index in [4.69, 9.17) is 9.47 Å². The minimum absolute atomic E-state index is 0.0970. The van der Waals surface area contributed by atoms with Crippen LogP contribution in [-0.4, -0.2) is 35.3 Å². The van der Waals surface area contributed by atoms with Crippen molar-refractivity contribution >= 4 is 23.2 Å². The molecule has 2 aromatic carbocycles. The largest absolute Gasteiger partial charge is 0.490 e. The smallest absolute Gasteiger partial charge is 0.270 e. The molecule has 0 aliphatic rings. The summed E-state index contributed by atoms with van der Waals surface area (Å²) in [5.74, 6) is 1.00. The van der Waals surface area contributed by atoms with E-state index in [1.54, 1.807) is 6.07 Å². The Morgan fingerprint density at radius 2 is 2.00 bits per heavy atom. The van der Waals surface area contributed by atoms with Gasteiger partial charge in [-0.3, -0.25) is 9.59 Å². The molecule has 1 heterocycles. The van der Waals surface area contributed by atoms with Gasteiger partial charge in [0.15, 0.2) is 11.5 Å². The first-order chi connectivity index (χ1) is 15.1. The summed E-state index contributed by atoms with van der Waals surface area (Å²) in [5, 5.41) is 3.99. The molecule has 0 aliphatic carbocycles. The van der Waals surface area contributed by atoms with Gasteiger partial charge in [0.25, 0.3) is 5.56 Å². The lowest BCUT2D eigenvalue weighted by atomic mass is 10.2. The maximum Gasteiger partial charge on any atom is 0.270 e. The third-order valence-corrected chi connectivity index (χ3v) is 4.39. The number of para-hydroxylation sites is 2. The van der Waals surface area contributed by atoms with E-state index in [2.05, 4.69) is 20.5 Å². The number of aromatic nitrogens is 2. The van der Waals surface area contributed by atoms with Crippen molar-refractivity contribution in [1.29, 1.82) is 0 Å². The van der Waals surface area contributed by atoms with E-state index in [0.717, 1.165) is 12.0 Å². The Morgan fingerprint density at radius 3 is 2.81 bits per heavy atom. The average molecular weight is 422 g/mol. The maximum absolute atomic E-state index is 12.1. The number of amides is 1. The fraction of sp³-hybridized carbons (Fsp3) is 0.304. The van der Waals surface area contributed by atoms with Gasteiger partial charge in [0.1, 0.15) is 5.69 Å². The summed E-state index contributed by atoms with van der Waals surface area (Å²) < 4.78 is 11.3. The Kier molecular flexibility index (Phi) is 7.75. The zero-order chi connectivity index (χ0) is 22.1. The fourth-order valence-electron chi connectivity index (χ4n) is 2.91. The number of aromatic amines is 1. The van der Waals surface area contributed by atoms with Crippen LogP contribution in [0.15, 0.2) is 52.4 Å². The Hall–Kier alpha value is -3.68. The van der Waals surface area contributed by atoms with Gasteiger partial charge in [-0.25, -0.2) is 10.4 Å². The van der Waals surface area contributed by atoms with Crippen molar-refractivity contribution in [1.82, 2.24) is 15.4 Å². The fourth-order valence-corrected chi connectivity index (χ4v) is 2.91. The number of hydrazone groups is 1. The first-order valence-electron chi connectivity index (χ1n) is 10.3. The van der Waals surface area contributed by atoms with E-state index < -0.39 is 0 Å². The highest BCUT2D eigenvalue weighted by molar-refractivity contribution is 5.83. The van der Waals surface area contributed by atoms with Crippen molar-refractivity contribution < 1.29 is 14.3 Å². The monoisotopic (exact) mass is 422 g/mol. The molecule has 0 saturated carbocycles. The number of benzene rings is 2. The molecular weight excluding hydrogens is 396 g/mol. The highest BCUT2D eigenvalue weighted by atomic mass is 16.5. The van der Waals surface area contributed by atoms with Crippen LogP contribution >= 0.6 is 0 Å². The minimum Gasteiger partial charge on any atom is -0.490 e. The Balaban J connectivity index is 1.57. The van der Waals surface area contributed by atoms with Gasteiger partial charge in [0.05, 0.1) is 30.5 Å². The molecule has 3 aromatic rings. The molecule has 0 fully saturated rings. The number of ether oxygens (including phenoxy) is 2. The van der Waals surface area contributed by atoms with Crippen molar-refractivity contribution in [2.45, 2.75) is 33.1 Å². The predicted octanol–water partition coefficient (Wildman–Crippen LogP) is 3.19. The minimum atomic E-state index is -0.307. The summed E-state index contributed by atoms with van der Waals surface area (Å²) in [4.78, 5) is 31.4. The number of nitrogens with zero attached hydrogens (tertiary/aromatic N) is 2. The van der Waals surface area contributed by atoms with Crippen LogP contribution in [0.5, 0.6) is 11.5 Å². The third-order valence-electron chi connectivity index (χ3n) is 4.39. The number of H-pyrrole nitrogens is 1. The van der Waals surface area contributed by atoms with E-state index in [9.17, 15) is 9.59 Å². The van der Waals surface area contributed by atoms with Crippen LogP contribution in [0.25, 0.3) is 11.0 Å². The van der Waals surface area contributed by atoms with Gasteiger partial charge in [0.2, 0.25) is 5.91 Å². The van der Waals surface area contributed by atoms with Crippen LogP contribution in [0, 0.1) is 0 Å². The molecule has 1 aromatic heterocycles. The summed E-state index contributed by atoms with van der Waals surface area (Å²) in [7, 11) is 0. The van der Waals surface area contributed by atoms with Gasteiger partial charge in [-0.1, -0.05) is 19.1 Å². The standard InChI is InChI=1S/C23H26N4O4/c1-3-13-31-20-11-9-16(14-21(20)30-4-2)15-24-27-22(28)12-10-19-23(29)26-18-8-6-5-7-17(18)25-19/h5-9,11,14-15H,3-4,10,12-13H2,1-2H3,(H,26,29)(H,27,28)/b24-15+. The molecule has 162 valence electrons. The molecular formula is C23H26N4O4. The van der Waals surface area contributed by atoms with Crippen LogP contribution in [0.4, 0.5) is 0 Å². The zero-order valence-electron chi connectivity index (χ0n) is 17.7. The molecule has 8 nitrogen and oxygen atoms in total. The topological polar surface area (TPSA) is 106 Å². The van der Waals surface area contributed by atoms with E-state index in [1.807, 2.05) is 50.2 Å². The Bertz CT molecular complexity index is 1120. The van der Waals surface area contributed by atoms with Gasteiger partial charge in [-0.05, 0) is 49.2 Å². The highest BCUT2D eigenvalue weighted by Gasteiger charge is 2.08. The van der Waals surface area contributed by atoms with E-state index in [-0.39, 0.29) is 24.3 Å². The van der Waals surface area contributed by atoms with Crippen molar-refractivity contribution in [3.8, 4) is 11.5 Å². The highest BCUT2D eigenvalue weighted by Crippen LogP contribution is 2.28. The van der Waals surface area contributed by atoms with Gasteiger partial charge in [-0.15, -0.1) is 0 Å². The number of carbonyl (C=O) groups is 1. The number of fused-ring (bicyclic) bond motifs is 1. The summed E-state index contributed by atoms with van der Waals surface area (Å²) >= 11 is 0. The third kappa shape index (κ3) is 6.15. The van der Waals surface area contributed by atoms with Gasteiger partial charge in [0, 0.05) is 12.8 Å². The Labute approximate surface area is 180 Å². The normalized spacial score (nSPS) is 11.0. The second kappa shape index (κ2) is 10.9. The van der Waals surface area contributed by atoms with Crippen molar-refractivity contribution in [3.63, 3.8) is 0 Å². The molecule has 0 bridgehead atoms. The molecule has 0 unspecified atom stereocenters. The lowest BCUT2D eigenvalue weighted by Gasteiger charge is -2.11. The molecule has 0 atom stereocenters. The van der Waals surface area contributed by atoms with Crippen molar-refractivity contribution in [2.24, 2.45) is 5.10 Å². The second-order valence-corrected chi connectivity index (χ2v) is 6.81. The molecule has 3 rings (SSSR count). The van der Waals surface area contributed by atoms with E-state index in [0.29, 0.717) is 41.4 Å². The first kappa shape index (κ1) is 22.0. The summed E-state index contributed by atoms with van der Waals surface area (Å²) in [6.45, 7) is 5.07. The van der Waals surface area contributed by atoms with Crippen LogP contribution < -0.4 is 20.5 Å². The maximum atomic E-state index is 12.1. The average Bonchev–Trinajstić information content (AvgIpc) is 2.77. The number of rotatable bonds is 10. The quantitative estimate of drug-likeness (QED) is 0.386. The molecule has 31 heavy (non-hydrogen) atoms. The van der Waals surface area contributed by atoms with Gasteiger partial charge < -0.3 is 14.5 Å². The zero-order valence-corrected chi connectivity index (χ0v) is 17.7. The van der Waals surface area contributed by atoms with Gasteiger partial charge in [-0.2, -0.15) is 5.10 Å². The van der Waals surface area contributed by atoms with Crippen LogP contribution in [0.1, 0.15) is 37.9 Å². The number of nitrogens with one attached hydrogen (secondary N) is 2. The molecule has 0 radical (unpaired) electrons. The Morgan fingerprint density at radius 1 is 1.16 bits per heavy atom. The van der Waals surface area contributed by atoms with Crippen LogP contribution in [-0.2, 0) is 11.2 Å². The summed E-state index contributed by atoms with van der Waals surface area (Å²) in [5.41, 5.74) is 4.63.